The van der Waals surface area contributed by atoms with Gasteiger partial charge in [0.2, 0.25) is 0 Å². The van der Waals surface area contributed by atoms with E-state index in [9.17, 15) is 0 Å². The first kappa shape index (κ1) is 9.99. The van der Waals surface area contributed by atoms with Crippen LogP contribution in [0.2, 0.25) is 0 Å². The van der Waals surface area contributed by atoms with Gasteiger partial charge < -0.3 is 5.32 Å². The van der Waals surface area contributed by atoms with Crippen LogP contribution in [0, 0.1) is 0 Å². The lowest BCUT2D eigenvalue weighted by Gasteiger charge is -1.98. The zero-order valence-electron chi connectivity index (χ0n) is 8.16. The second-order valence-electron chi connectivity index (χ2n) is 2.99. The Morgan fingerprint density at radius 3 is 3.23 bits per heavy atom. The molecule has 0 bridgehead atoms. The van der Waals surface area contributed by atoms with E-state index >= 15 is 0 Å². The molecule has 0 fully saturated rings. The molecule has 3 nitrogen and oxygen atoms in total. The van der Waals surface area contributed by atoms with Crippen LogP contribution < -0.4 is 5.32 Å². The third-order valence-corrected chi connectivity index (χ3v) is 1.74. The molecular formula is C10H17N3. The van der Waals surface area contributed by atoms with Crippen molar-refractivity contribution in [3.63, 3.8) is 0 Å². The molecular weight excluding hydrogens is 162 g/mol. The third kappa shape index (κ3) is 3.42. The van der Waals surface area contributed by atoms with Crippen LogP contribution in [-0.4, -0.2) is 16.3 Å². The van der Waals surface area contributed by atoms with Gasteiger partial charge in [0.1, 0.15) is 0 Å². The van der Waals surface area contributed by atoms with Crippen LogP contribution in [0.25, 0.3) is 0 Å². The van der Waals surface area contributed by atoms with Gasteiger partial charge in [0.05, 0.1) is 12.2 Å². The van der Waals surface area contributed by atoms with E-state index in [1.54, 1.807) is 0 Å². The van der Waals surface area contributed by atoms with E-state index in [1.807, 2.05) is 23.0 Å². The highest BCUT2D eigenvalue weighted by molar-refractivity contribution is 4.98. The highest BCUT2D eigenvalue weighted by Crippen LogP contribution is 1.95. The quantitative estimate of drug-likeness (QED) is 0.530. The molecule has 0 aliphatic rings. The first-order chi connectivity index (χ1) is 6.36. The summed E-state index contributed by atoms with van der Waals surface area (Å²) in [6.45, 7) is 8.51. The zero-order chi connectivity index (χ0) is 9.52. The van der Waals surface area contributed by atoms with Crippen molar-refractivity contribution in [2.75, 3.05) is 6.54 Å². The molecule has 0 atom stereocenters. The maximum atomic E-state index is 4.35. The number of hydrogen-bond acceptors (Lipinski definition) is 2. The minimum atomic E-state index is 0.785. The summed E-state index contributed by atoms with van der Waals surface area (Å²) in [6.07, 6.45) is 4.98. The van der Waals surface area contributed by atoms with Crippen molar-refractivity contribution >= 4 is 0 Å². The Morgan fingerprint density at radius 2 is 2.54 bits per heavy atom. The SMILES string of the molecule is C=CCn1ccc(CNCCC)n1. The molecule has 0 saturated carbocycles. The van der Waals surface area contributed by atoms with Crippen LogP contribution in [-0.2, 0) is 13.1 Å². The fraction of sp³-hybridized carbons (Fsp3) is 0.500. The van der Waals surface area contributed by atoms with E-state index in [1.165, 1.54) is 0 Å². The summed E-state index contributed by atoms with van der Waals surface area (Å²) < 4.78 is 1.88. The maximum absolute atomic E-state index is 4.35. The molecule has 1 N–H and O–H groups in total. The zero-order valence-corrected chi connectivity index (χ0v) is 8.16. The van der Waals surface area contributed by atoms with Crippen molar-refractivity contribution < 1.29 is 0 Å². The Balaban J connectivity index is 2.35. The first-order valence-corrected chi connectivity index (χ1v) is 4.70. The van der Waals surface area contributed by atoms with Gasteiger partial charge in [-0.3, -0.25) is 4.68 Å². The Morgan fingerprint density at radius 1 is 1.69 bits per heavy atom. The lowest BCUT2D eigenvalue weighted by Crippen LogP contribution is -2.14. The highest BCUT2D eigenvalue weighted by Gasteiger charge is 1.95. The maximum Gasteiger partial charge on any atom is 0.0762 e. The standard InChI is InChI=1S/C10H17N3/c1-3-6-11-9-10-5-8-13(12-10)7-4-2/h4-5,8,11H,2-3,6-7,9H2,1H3. The molecule has 0 aliphatic carbocycles. The van der Waals surface area contributed by atoms with Crippen molar-refractivity contribution in [3.05, 3.63) is 30.6 Å². The summed E-state index contributed by atoms with van der Waals surface area (Å²) in [4.78, 5) is 0. The van der Waals surface area contributed by atoms with Gasteiger partial charge in [0.25, 0.3) is 0 Å². The predicted molar refractivity (Wildman–Crippen MR) is 54.4 cm³/mol. The number of nitrogens with one attached hydrogen (secondary N) is 1. The largest absolute Gasteiger partial charge is 0.311 e. The molecule has 0 spiro atoms. The van der Waals surface area contributed by atoms with E-state index < -0.39 is 0 Å². The van der Waals surface area contributed by atoms with Crippen molar-refractivity contribution in [1.82, 2.24) is 15.1 Å². The summed E-state index contributed by atoms with van der Waals surface area (Å²) in [5.41, 5.74) is 1.09. The fourth-order valence-corrected chi connectivity index (χ4v) is 1.13. The minimum absolute atomic E-state index is 0.785. The lowest BCUT2D eigenvalue weighted by molar-refractivity contribution is 0.633. The Labute approximate surface area is 79.5 Å². The van der Waals surface area contributed by atoms with Gasteiger partial charge in [0, 0.05) is 12.7 Å². The van der Waals surface area contributed by atoms with Gasteiger partial charge in [-0.2, -0.15) is 5.10 Å². The van der Waals surface area contributed by atoms with Crippen molar-refractivity contribution in [2.24, 2.45) is 0 Å². The molecule has 0 saturated heterocycles. The monoisotopic (exact) mass is 179 g/mol. The molecule has 72 valence electrons. The van der Waals surface area contributed by atoms with Gasteiger partial charge >= 0.3 is 0 Å². The third-order valence-electron chi connectivity index (χ3n) is 1.74. The molecule has 1 rings (SSSR count). The van der Waals surface area contributed by atoms with Gasteiger partial charge in [-0.15, -0.1) is 6.58 Å². The molecule has 0 aromatic carbocycles. The summed E-state index contributed by atoms with van der Waals surface area (Å²) in [7, 11) is 0. The molecule has 1 aromatic rings. The summed E-state index contributed by atoms with van der Waals surface area (Å²) in [5, 5.41) is 7.66. The lowest BCUT2D eigenvalue weighted by atomic mass is 10.4. The van der Waals surface area contributed by atoms with Crippen LogP contribution in [0.15, 0.2) is 24.9 Å². The average Bonchev–Trinajstić information content (AvgIpc) is 2.54. The molecule has 0 amide bonds. The van der Waals surface area contributed by atoms with E-state index in [2.05, 4.69) is 23.9 Å². The smallest absolute Gasteiger partial charge is 0.0762 e. The second kappa shape index (κ2) is 5.54. The van der Waals surface area contributed by atoms with E-state index in [0.717, 1.165) is 31.7 Å². The normalized spacial score (nSPS) is 10.2. The van der Waals surface area contributed by atoms with Gasteiger partial charge in [-0.05, 0) is 19.0 Å². The molecule has 1 heterocycles. The summed E-state index contributed by atoms with van der Waals surface area (Å²) >= 11 is 0. The molecule has 1 aromatic heterocycles. The van der Waals surface area contributed by atoms with Gasteiger partial charge in [-0.1, -0.05) is 13.0 Å². The van der Waals surface area contributed by atoms with Gasteiger partial charge in [-0.25, -0.2) is 0 Å². The van der Waals surface area contributed by atoms with Crippen LogP contribution in [0.4, 0.5) is 0 Å². The van der Waals surface area contributed by atoms with Crippen molar-refractivity contribution in [2.45, 2.75) is 26.4 Å². The number of hydrogen-bond donors (Lipinski definition) is 1. The van der Waals surface area contributed by atoms with Gasteiger partial charge in [0.15, 0.2) is 0 Å². The number of aromatic nitrogens is 2. The second-order valence-corrected chi connectivity index (χ2v) is 2.99. The van der Waals surface area contributed by atoms with Crippen LogP contribution >= 0.6 is 0 Å². The summed E-state index contributed by atoms with van der Waals surface area (Å²) in [5.74, 6) is 0. The van der Waals surface area contributed by atoms with E-state index in [4.69, 9.17) is 0 Å². The number of rotatable bonds is 6. The van der Waals surface area contributed by atoms with Crippen molar-refractivity contribution in [1.29, 1.82) is 0 Å². The Hall–Kier alpha value is -1.09. The van der Waals surface area contributed by atoms with E-state index in [-0.39, 0.29) is 0 Å². The van der Waals surface area contributed by atoms with Crippen LogP contribution in [0.1, 0.15) is 19.0 Å². The predicted octanol–water partition coefficient (Wildman–Crippen LogP) is 1.57. The van der Waals surface area contributed by atoms with Crippen molar-refractivity contribution in [3.8, 4) is 0 Å². The molecule has 13 heavy (non-hydrogen) atoms. The molecule has 0 radical (unpaired) electrons. The minimum Gasteiger partial charge on any atom is -0.311 e. The average molecular weight is 179 g/mol. The fourth-order valence-electron chi connectivity index (χ4n) is 1.13. The number of nitrogens with zero attached hydrogens (tertiary/aromatic N) is 2. The molecule has 3 heteroatoms. The Kier molecular flexibility index (Phi) is 4.26. The summed E-state index contributed by atoms with van der Waals surface area (Å²) in [6, 6.07) is 2.03. The van der Waals surface area contributed by atoms with Crippen LogP contribution in [0.5, 0.6) is 0 Å². The highest BCUT2D eigenvalue weighted by atomic mass is 15.3. The van der Waals surface area contributed by atoms with E-state index in [0.29, 0.717) is 0 Å². The first-order valence-electron chi connectivity index (χ1n) is 4.70. The Bertz CT molecular complexity index is 252. The topological polar surface area (TPSA) is 29.9 Å². The van der Waals surface area contributed by atoms with Crippen LogP contribution in [0.3, 0.4) is 0 Å². The molecule has 0 unspecified atom stereocenters. The molecule has 0 aliphatic heterocycles. The number of allylic oxidation sites excluding steroid dienone is 1.